The number of carbonyl (C=O) groups is 1. The zero-order chi connectivity index (χ0) is 18.8. The molecule has 138 valence electrons. The molecule has 5 heteroatoms. The maximum absolute atomic E-state index is 14.3. The number of carbonyl (C=O) groups excluding carboxylic acids is 1. The molecule has 0 aliphatic rings. The molecule has 0 aliphatic carbocycles. The summed E-state index contributed by atoms with van der Waals surface area (Å²) in [6.45, 7) is 8.47. The number of rotatable bonds is 10. The van der Waals surface area contributed by atoms with Gasteiger partial charge in [-0.05, 0) is 55.0 Å². The van der Waals surface area contributed by atoms with E-state index in [2.05, 4.69) is 17.6 Å². The van der Waals surface area contributed by atoms with Gasteiger partial charge in [0.2, 0.25) is 6.41 Å². The van der Waals surface area contributed by atoms with Crippen molar-refractivity contribution in [2.24, 2.45) is 5.92 Å². The predicted molar refractivity (Wildman–Crippen MR) is 104 cm³/mol. The van der Waals surface area contributed by atoms with E-state index in [0.29, 0.717) is 30.1 Å². The van der Waals surface area contributed by atoms with E-state index in [4.69, 9.17) is 11.6 Å². The van der Waals surface area contributed by atoms with Crippen LogP contribution in [0.5, 0.6) is 0 Å². The van der Waals surface area contributed by atoms with Crippen LogP contribution in [0, 0.1) is 5.92 Å². The summed E-state index contributed by atoms with van der Waals surface area (Å²) in [5, 5.41) is 6.72. The number of nitrogens with one attached hydrogen (secondary N) is 2. The molecule has 1 aromatic carbocycles. The molecule has 0 aromatic heterocycles. The zero-order valence-corrected chi connectivity index (χ0v) is 16.2. The number of halogens is 2. The number of benzene rings is 1. The number of amides is 1. The van der Waals surface area contributed by atoms with Crippen LogP contribution >= 0.6 is 11.6 Å². The highest BCUT2D eigenvalue weighted by Crippen LogP contribution is 2.27. The van der Waals surface area contributed by atoms with Crippen LogP contribution in [0.25, 0.3) is 0 Å². The Balaban J connectivity index is 2.89. The van der Waals surface area contributed by atoms with Crippen LogP contribution in [-0.4, -0.2) is 12.5 Å². The van der Waals surface area contributed by atoms with Crippen LogP contribution in [-0.2, 0) is 11.3 Å². The lowest BCUT2D eigenvalue weighted by atomic mass is 9.89. The Morgan fingerprint density at radius 2 is 2.08 bits per heavy atom. The van der Waals surface area contributed by atoms with E-state index in [9.17, 15) is 9.18 Å². The molecule has 3 nitrogen and oxygen atoms in total. The van der Waals surface area contributed by atoms with Gasteiger partial charge in [-0.3, -0.25) is 4.79 Å². The highest BCUT2D eigenvalue weighted by Gasteiger charge is 2.21. The fourth-order valence-electron chi connectivity index (χ4n) is 2.95. The highest BCUT2D eigenvalue weighted by molar-refractivity contribution is 6.30. The number of allylic oxidation sites excluding steroid dienone is 3. The first-order valence-corrected chi connectivity index (χ1v) is 9.10. The number of hydrogen-bond acceptors (Lipinski definition) is 2. The Morgan fingerprint density at radius 3 is 2.64 bits per heavy atom. The lowest BCUT2D eigenvalue weighted by Crippen LogP contribution is -2.35. The minimum absolute atomic E-state index is 0.0348. The summed E-state index contributed by atoms with van der Waals surface area (Å²) < 4.78 is 14.3. The van der Waals surface area contributed by atoms with Crippen molar-refractivity contribution in [2.45, 2.75) is 53.1 Å². The standard InChI is InChI=1S/C20H28ClFN2O/c1-5-8-18(22)17(6-2)14(4)19(7-3)23-12-15-9-10-16(21)11-20(15)24-13-25/h6,8-11,13-14,19,23H,5,7,12H2,1-4H3,(H,24,25)/b17-6-,18-8+/t14?,19-/m0/s1. The Morgan fingerprint density at radius 1 is 1.36 bits per heavy atom. The summed E-state index contributed by atoms with van der Waals surface area (Å²) in [5.41, 5.74) is 2.35. The van der Waals surface area contributed by atoms with E-state index in [0.717, 1.165) is 17.6 Å². The fraction of sp³-hybridized carbons (Fsp3) is 0.450. The number of hydrogen-bond donors (Lipinski definition) is 2. The first-order valence-electron chi connectivity index (χ1n) is 8.72. The molecular formula is C20H28ClFN2O. The largest absolute Gasteiger partial charge is 0.328 e. The summed E-state index contributed by atoms with van der Waals surface area (Å²) in [6.07, 6.45) is 5.63. The second-order valence-corrected chi connectivity index (χ2v) is 6.39. The van der Waals surface area contributed by atoms with Gasteiger partial charge in [0.05, 0.1) is 0 Å². The van der Waals surface area contributed by atoms with Crippen LogP contribution in [0.1, 0.15) is 46.1 Å². The predicted octanol–water partition coefficient (Wildman–Crippen LogP) is 5.62. The van der Waals surface area contributed by atoms with E-state index in [1.165, 1.54) is 0 Å². The molecule has 25 heavy (non-hydrogen) atoms. The van der Waals surface area contributed by atoms with Crippen molar-refractivity contribution >= 4 is 23.7 Å². The van der Waals surface area contributed by atoms with Crippen molar-refractivity contribution in [3.8, 4) is 0 Å². The van der Waals surface area contributed by atoms with Crippen LogP contribution in [0.4, 0.5) is 10.1 Å². The molecule has 0 heterocycles. The van der Waals surface area contributed by atoms with Crippen molar-refractivity contribution in [3.05, 3.63) is 52.3 Å². The van der Waals surface area contributed by atoms with Gasteiger partial charge in [0.25, 0.3) is 0 Å². The SMILES string of the molecule is C/C=C(\C(F)=C/CC)C(C)[C@H](CC)NCc1ccc(Cl)cc1NC=O. The second-order valence-electron chi connectivity index (χ2n) is 5.95. The van der Waals surface area contributed by atoms with Gasteiger partial charge in [-0.25, -0.2) is 4.39 Å². The summed E-state index contributed by atoms with van der Waals surface area (Å²) >= 11 is 5.99. The lowest BCUT2D eigenvalue weighted by Gasteiger charge is -2.26. The first kappa shape index (κ1) is 21.4. The fourth-order valence-corrected chi connectivity index (χ4v) is 3.12. The van der Waals surface area contributed by atoms with Crippen LogP contribution in [0.2, 0.25) is 5.02 Å². The molecule has 1 rings (SSSR count). The molecule has 0 spiro atoms. The van der Waals surface area contributed by atoms with Crippen molar-refractivity contribution in [2.75, 3.05) is 5.32 Å². The maximum atomic E-state index is 14.3. The third-order valence-electron chi connectivity index (χ3n) is 4.35. The normalized spacial score (nSPS) is 15.0. The van der Waals surface area contributed by atoms with Gasteiger partial charge in [0, 0.05) is 23.3 Å². The van der Waals surface area contributed by atoms with Crippen molar-refractivity contribution in [1.29, 1.82) is 0 Å². The molecule has 0 saturated carbocycles. The van der Waals surface area contributed by atoms with E-state index < -0.39 is 0 Å². The topological polar surface area (TPSA) is 41.1 Å². The Labute approximate surface area is 155 Å². The van der Waals surface area contributed by atoms with Gasteiger partial charge in [-0.15, -0.1) is 0 Å². The second kappa shape index (κ2) is 11.1. The monoisotopic (exact) mass is 366 g/mol. The molecule has 0 bridgehead atoms. The first-order chi connectivity index (χ1) is 12.0. The Kier molecular flexibility index (Phi) is 9.46. The average Bonchev–Trinajstić information content (AvgIpc) is 2.58. The molecule has 0 radical (unpaired) electrons. The molecular weight excluding hydrogens is 339 g/mol. The molecule has 1 unspecified atom stereocenters. The smallest absolute Gasteiger partial charge is 0.211 e. The van der Waals surface area contributed by atoms with Gasteiger partial charge < -0.3 is 10.6 Å². The van der Waals surface area contributed by atoms with Gasteiger partial charge in [0.1, 0.15) is 5.83 Å². The van der Waals surface area contributed by atoms with Gasteiger partial charge in [0.15, 0.2) is 0 Å². The summed E-state index contributed by atoms with van der Waals surface area (Å²) in [7, 11) is 0. The summed E-state index contributed by atoms with van der Waals surface area (Å²) in [5.74, 6) is -0.111. The van der Waals surface area contributed by atoms with E-state index in [1.54, 1.807) is 18.2 Å². The minimum atomic E-state index is -0.146. The average molecular weight is 367 g/mol. The lowest BCUT2D eigenvalue weighted by molar-refractivity contribution is -0.105. The van der Waals surface area contributed by atoms with Crippen molar-refractivity contribution < 1.29 is 9.18 Å². The van der Waals surface area contributed by atoms with E-state index in [-0.39, 0.29) is 17.8 Å². The minimum Gasteiger partial charge on any atom is -0.328 e. The van der Waals surface area contributed by atoms with E-state index in [1.807, 2.05) is 32.9 Å². The molecule has 1 amide bonds. The summed E-state index contributed by atoms with van der Waals surface area (Å²) in [6, 6.07) is 5.51. The summed E-state index contributed by atoms with van der Waals surface area (Å²) in [4.78, 5) is 10.8. The zero-order valence-electron chi connectivity index (χ0n) is 15.4. The Bertz CT molecular complexity index is 628. The molecule has 0 fully saturated rings. The van der Waals surface area contributed by atoms with Crippen LogP contribution in [0.15, 0.2) is 41.8 Å². The van der Waals surface area contributed by atoms with E-state index >= 15 is 0 Å². The van der Waals surface area contributed by atoms with Gasteiger partial charge in [-0.2, -0.15) is 0 Å². The van der Waals surface area contributed by atoms with Gasteiger partial charge >= 0.3 is 0 Å². The Hall–Kier alpha value is -1.65. The van der Waals surface area contributed by atoms with Crippen LogP contribution in [0.3, 0.4) is 0 Å². The van der Waals surface area contributed by atoms with Crippen LogP contribution < -0.4 is 10.6 Å². The third-order valence-corrected chi connectivity index (χ3v) is 4.58. The van der Waals surface area contributed by atoms with Gasteiger partial charge in [-0.1, -0.05) is 44.5 Å². The molecule has 2 atom stereocenters. The molecule has 0 saturated heterocycles. The van der Waals surface area contributed by atoms with Crippen molar-refractivity contribution in [1.82, 2.24) is 5.32 Å². The quantitative estimate of drug-likeness (QED) is 0.416. The van der Waals surface area contributed by atoms with Crippen molar-refractivity contribution in [3.63, 3.8) is 0 Å². The highest BCUT2D eigenvalue weighted by atomic mass is 35.5. The number of anilines is 1. The molecule has 0 aliphatic heterocycles. The molecule has 2 N–H and O–H groups in total. The third kappa shape index (κ3) is 6.29. The molecule has 1 aromatic rings. The maximum Gasteiger partial charge on any atom is 0.211 e.